The average Bonchev–Trinajstić information content (AvgIpc) is 2.44. The number of aliphatic hydroxyl groups excluding tert-OH is 5. The van der Waals surface area contributed by atoms with E-state index in [4.69, 9.17) is 85.8 Å². The van der Waals surface area contributed by atoms with Crippen LogP contribution in [0.2, 0.25) is 0 Å². The number of halogens is 2. The molecule has 0 radical (unpaired) electrons. The van der Waals surface area contributed by atoms with Gasteiger partial charge in [0.2, 0.25) is 0 Å². The molecule has 0 saturated carbocycles. The third-order valence-corrected chi connectivity index (χ3v) is 0.521. The molecule has 0 aliphatic heterocycles. The summed E-state index contributed by atoms with van der Waals surface area (Å²) in [5, 5.41) is 128. The molecule has 0 spiro atoms. The second kappa shape index (κ2) is 83.5. The van der Waals surface area contributed by atoms with Crippen LogP contribution in [0, 0.1) is 0 Å². The first-order chi connectivity index (χ1) is 11.7. The van der Waals surface area contributed by atoms with Crippen LogP contribution >= 0.6 is 0 Å². The fourth-order valence-corrected chi connectivity index (χ4v) is 0.0577. The van der Waals surface area contributed by atoms with Gasteiger partial charge < -0.3 is 122 Å². The molecule has 0 amide bonds. The predicted molar refractivity (Wildman–Crippen MR) is 92.5 cm³/mol. The number of rotatable bonds is 3. The molecular weight excluding hydrogens is 564 g/mol. The van der Waals surface area contributed by atoms with Gasteiger partial charge in [0.25, 0.3) is 0 Å². The zero-order valence-electron chi connectivity index (χ0n) is 17.7. The van der Waals surface area contributed by atoms with Gasteiger partial charge in [0.1, 0.15) is 6.10 Å². The van der Waals surface area contributed by atoms with Crippen molar-refractivity contribution in [2.75, 3.05) is 26.4 Å². The number of hydrogen-bond donors (Lipinski definition) is 15. The summed E-state index contributed by atoms with van der Waals surface area (Å²) in [6.07, 6.45) is -0.954. The van der Waals surface area contributed by atoms with Gasteiger partial charge in [0.05, 0.1) is 33.7 Å². The largest absolute Gasteiger partial charge is 2.00 e. The summed E-state index contributed by atoms with van der Waals surface area (Å²) in [5.41, 5.74) is 0. The standard InChI is InChI=1S/C3H8O3.C2H6O2.3BH3O3.BHO3.Ca.2ClH.2Na.2H2O/c4-1-3(6)2-5;3-1-2-4;4*2-1(3)4;;;;;;;/h3-6H,1-2H2;3-4H,1-2H2;3*2-4H;2H;;2*1H;;;2*1H2/q;;;;;-2;+2;;;2*+1;;/p-2. The van der Waals surface area contributed by atoms with Crippen LogP contribution in [0.15, 0.2) is 0 Å². The average molecular weight is 592 g/mol. The summed E-state index contributed by atoms with van der Waals surface area (Å²) in [6, 6.07) is 0. The van der Waals surface area contributed by atoms with Gasteiger partial charge in [0.15, 0.2) is 0 Å². The molecule has 0 fully saturated rings. The molecule has 19 N–H and O–H groups in total. The minimum atomic E-state index is -2.67. The molecule has 0 rings (SSSR count). The maximum atomic E-state index is 8.53. The van der Waals surface area contributed by atoms with Gasteiger partial charge in [-0.3, -0.25) is 0 Å². The van der Waals surface area contributed by atoms with Crippen molar-refractivity contribution in [2.24, 2.45) is 0 Å². The van der Waals surface area contributed by atoms with E-state index in [2.05, 4.69) is 0 Å². The van der Waals surface area contributed by atoms with Gasteiger partial charge in [-0.2, -0.15) is 0 Å². The molecular formula is C5H28B4CaCl2Na2O19. The maximum Gasteiger partial charge on any atom is 2.00 e. The van der Waals surface area contributed by atoms with Crippen LogP contribution < -0.4 is 94.0 Å². The minimum absolute atomic E-state index is 0. The van der Waals surface area contributed by atoms with E-state index < -0.39 is 35.4 Å². The Morgan fingerprint density at radius 2 is 0.636 bits per heavy atom. The van der Waals surface area contributed by atoms with Crippen molar-refractivity contribution in [3.05, 3.63) is 0 Å². The molecule has 0 aromatic rings. The third-order valence-electron chi connectivity index (χ3n) is 0.521. The molecule has 192 valence electrons. The zero-order valence-corrected chi connectivity index (χ0v) is 25.4. The number of hydrogen-bond acceptors (Lipinski definition) is 17. The molecule has 19 nitrogen and oxygen atoms in total. The quantitative estimate of drug-likeness (QED) is 0.135. The summed E-state index contributed by atoms with van der Waals surface area (Å²) >= 11 is 0. The first kappa shape index (κ1) is 83.3. The van der Waals surface area contributed by atoms with Crippen molar-refractivity contribution in [3.63, 3.8) is 0 Å². The van der Waals surface area contributed by atoms with E-state index in [9.17, 15) is 0 Å². The van der Waals surface area contributed by atoms with Gasteiger partial charge in [-0.1, -0.05) is 0 Å². The van der Waals surface area contributed by atoms with Crippen LogP contribution in [0.1, 0.15) is 0 Å². The Labute approximate surface area is 277 Å². The Bertz CT molecular complexity index is 175. The summed E-state index contributed by atoms with van der Waals surface area (Å²) in [5.74, 6) is 0. The molecule has 33 heavy (non-hydrogen) atoms. The van der Waals surface area contributed by atoms with Crippen molar-refractivity contribution in [1.82, 2.24) is 0 Å². The van der Waals surface area contributed by atoms with Crippen molar-refractivity contribution in [2.45, 2.75) is 6.10 Å². The number of aliphatic hydroxyl groups is 5. The van der Waals surface area contributed by atoms with Crippen molar-refractivity contribution in [3.8, 4) is 0 Å². The normalized spacial score (nSPS) is 6.00. The Balaban J connectivity index is -0.0000000128. The summed E-state index contributed by atoms with van der Waals surface area (Å²) in [6.45, 7) is -0.979. The Kier molecular flexibility index (Phi) is 211. The van der Waals surface area contributed by atoms with E-state index in [0.29, 0.717) is 0 Å². The molecule has 0 aliphatic rings. The SMILES string of the molecule is O.O.OB(O)O.OB(O)O.OB(O)O.OCC(O)CO.OCCO.[Ca+2].[Cl-].[Cl-].[Na+].[Na+].[O-]B([O-])O. The van der Waals surface area contributed by atoms with E-state index in [0.717, 1.165) is 0 Å². The van der Waals surface area contributed by atoms with Gasteiger partial charge >= 0.3 is 119 Å². The van der Waals surface area contributed by atoms with Gasteiger partial charge in [-0.25, -0.2) is 0 Å². The minimum Gasteiger partial charge on any atom is -1.00 e. The fourth-order valence-electron chi connectivity index (χ4n) is 0.0577. The molecule has 0 bridgehead atoms. The smallest absolute Gasteiger partial charge is 1.00 e. The molecule has 0 unspecified atom stereocenters. The third kappa shape index (κ3) is 565. The van der Waals surface area contributed by atoms with E-state index >= 15 is 0 Å². The van der Waals surface area contributed by atoms with Crippen LogP contribution in [-0.2, 0) is 0 Å². The van der Waals surface area contributed by atoms with Crippen LogP contribution in [0.4, 0.5) is 0 Å². The first-order valence-electron chi connectivity index (χ1n) is 5.89. The molecule has 0 aromatic heterocycles. The van der Waals surface area contributed by atoms with Crippen molar-refractivity contribution >= 4 is 67.0 Å². The Morgan fingerprint density at radius 1 is 0.545 bits per heavy atom. The molecule has 0 saturated heterocycles. The second-order valence-electron chi connectivity index (χ2n) is 2.81. The van der Waals surface area contributed by atoms with E-state index in [1.54, 1.807) is 0 Å². The summed E-state index contributed by atoms with van der Waals surface area (Å²) in [4.78, 5) is 0. The molecule has 0 aromatic carbocycles. The van der Waals surface area contributed by atoms with Crippen LogP contribution in [0.5, 0.6) is 0 Å². The van der Waals surface area contributed by atoms with E-state index in [1.165, 1.54) is 0 Å². The summed E-state index contributed by atoms with van der Waals surface area (Å²) in [7, 11) is -9.17. The Hall–Kier alpha value is 3.34. The molecule has 0 aliphatic carbocycles. The van der Waals surface area contributed by atoms with Crippen molar-refractivity contribution in [1.29, 1.82) is 0 Å². The zero-order chi connectivity index (χ0) is 22.7. The van der Waals surface area contributed by atoms with E-state index in [1.807, 2.05) is 0 Å². The Morgan fingerprint density at radius 3 is 0.636 bits per heavy atom. The maximum absolute atomic E-state index is 8.53. The fraction of sp³-hybridized carbons (Fsp3) is 1.00. The first-order valence-corrected chi connectivity index (χ1v) is 5.89. The van der Waals surface area contributed by atoms with E-state index in [-0.39, 0.29) is 159 Å². The van der Waals surface area contributed by atoms with Crippen LogP contribution in [0.3, 0.4) is 0 Å². The van der Waals surface area contributed by atoms with Crippen molar-refractivity contribution < 1.29 is 181 Å². The van der Waals surface area contributed by atoms with Gasteiger partial charge in [-0.15, -0.1) is 0 Å². The predicted octanol–water partition coefficient (Wildman–Crippen LogP) is -26.2. The monoisotopic (exact) mass is 592 g/mol. The topological polar surface area (TPSA) is 413 Å². The molecule has 28 heteroatoms. The van der Waals surface area contributed by atoms with Crippen LogP contribution in [0.25, 0.3) is 0 Å². The van der Waals surface area contributed by atoms with Gasteiger partial charge in [0, 0.05) is 0 Å². The molecule has 0 atom stereocenters. The van der Waals surface area contributed by atoms with Crippen LogP contribution in [-0.4, -0.2) is 186 Å². The molecule has 0 heterocycles. The summed E-state index contributed by atoms with van der Waals surface area (Å²) < 4.78 is 0. The second-order valence-corrected chi connectivity index (χ2v) is 2.81. The van der Waals surface area contributed by atoms with Gasteiger partial charge in [-0.05, 0) is 0 Å².